The zero-order valence-corrected chi connectivity index (χ0v) is 20.7. The molecule has 1 saturated heterocycles. The summed E-state index contributed by atoms with van der Waals surface area (Å²) in [7, 11) is 0. The zero-order chi connectivity index (χ0) is 20.6. The van der Waals surface area contributed by atoms with Crippen molar-refractivity contribution in [2.24, 2.45) is 4.99 Å². The number of hydrogen-bond donors (Lipinski definition) is 2. The van der Waals surface area contributed by atoms with E-state index in [1.54, 1.807) is 0 Å². The van der Waals surface area contributed by atoms with Gasteiger partial charge in [0.25, 0.3) is 0 Å². The second kappa shape index (κ2) is 12.3. The molecule has 2 N–H and O–H groups in total. The molecule has 0 amide bonds. The van der Waals surface area contributed by atoms with Crippen molar-refractivity contribution in [2.45, 2.75) is 53.4 Å². The van der Waals surface area contributed by atoms with Crippen molar-refractivity contribution in [1.82, 2.24) is 20.5 Å². The fraction of sp³-hybridized carbons (Fsp3) is 0.545. The van der Waals surface area contributed by atoms with Gasteiger partial charge in [-0.05, 0) is 38.8 Å². The molecule has 3 rings (SSSR count). The third kappa shape index (κ3) is 7.55. The predicted molar refractivity (Wildman–Crippen MR) is 130 cm³/mol. The van der Waals surface area contributed by atoms with Gasteiger partial charge >= 0.3 is 0 Å². The Balaban J connectivity index is 0.00000320. The predicted octanol–water partition coefficient (Wildman–Crippen LogP) is 3.39. The van der Waals surface area contributed by atoms with Crippen LogP contribution in [0.3, 0.4) is 0 Å². The molecular weight excluding hydrogens is 493 g/mol. The number of morpholine rings is 1. The fourth-order valence-electron chi connectivity index (χ4n) is 3.40. The Morgan fingerprint density at radius 3 is 2.77 bits per heavy atom. The van der Waals surface area contributed by atoms with E-state index in [4.69, 9.17) is 14.1 Å². The Labute approximate surface area is 196 Å². The summed E-state index contributed by atoms with van der Waals surface area (Å²) in [6.07, 6.45) is 0.307. The molecule has 0 spiro atoms. The number of halogens is 1. The lowest BCUT2D eigenvalue weighted by atomic mass is 10.1. The van der Waals surface area contributed by atoms with E-state index in [-0.39, 0.29) is 24.0 Å². The van der Waals surface area contributed by atoms with Gasteiger partial charge in [0.05, 0.1) is 31.5 Å². The van der Waals surface area contributed by atoms with Crippen molar-refractivity contribution in [3.8, 4) is 0 Å². The van der Waals surface area contributed by atoms with Crippen LogP contribution in [0.4, 0.5) is 0 Å². The van der Waals surface area contributed by atoms with Gasteiger partial charge in [0, 0.05) is 26.2 Å². The first kappa shape index (κ1) is 24.6. The molecule has 0 bridgehead atoms. The number of guanidine groups is 1. The SMILES string of the molecule is CCNC(=NCc1cccc(CN2CCOC(C)C2)c1)NCc1nc(C)c(C)o1.I. The van der Waals surface area contributed by atoms with E-state index < -0.39 is 0 Å². The van der Waals surface area contributed by atoms with E-state index in [0.29, 0.717) is 25.1 Å². The van der Waals surface area contributed by atoms with Gasteiger partial charge in [0.15, 0.2) is 5.96 Å². The molecule has 1 aromatic heterocycles. The lowest BCUT2D eigenvalue weighted by Gasteiger charge is -2.31. The highest BCUT2D eigenvalue weighted by Crippen LogP contribution is 2.13. The number of oxazole rings is 1. The Kier molecular flexibility index (Phi) is 10.1. The van der Waals surface area contributed by atoms with Gasteiger partial charge in [-0.2, -0.15) is 0 Å². The second-order valence-electron chi connectivity index (χ2n) is 7.53. The number of aryl methyl sites for hydroxylation is 2. The molecule has 8 heteroatoms. The normalized spacial score (nSPS) is 17.5. The van der Waals surface area contributed by atoms with Crippen LogP contribution in [0.1, 0.15) is 42.3 Å². The van der Waals surface area contributed by atoms with Crippen LogP contribution in [0.2, 0.25) is 0 Å². The number of nitrogens with zero attached hydrogens (tertiary/aromatic N) is 3. The third-order valence-corrected chi connectivity index (χ3v) is 4.97. The molecule has 1 unspecified atom stereocenters. The Morgan fingerprint density at radius 1 is 1.27 bits per heavy atom. The van der Waals surface area contributed by atoms with Crippen LogP contribution < -0.4 is 10.6 Å². The molecule has 1 aliphatic rings. The van der Waals surface area contributed by atoms with Crippen LogP contribution in [0.15, 0.2) is 33.7 Å². The van der Waals surface area contributed by atoms with Crippen LogP contribution in [0, 0.1) is 13.8 Å². The number of aromatic nitrogens is 1. The van der Waals surface area contributed by atoms with Crippen LogP contribution >= 0.6 is 24.0 Å². The lowest BCUT2D eigenvalue weighted by molar-refractivity contribution is -0.0212. The van der Waals surface area contributed by atoms with Gasteiger partial charge in [-0.25, -0.2) is 9.98 Å². The number of hydrogen-bond acceptors (Lipinski definition) is 5. The number of nitrogens with one attached hydrogen (secondary N) is 2. The van der Waals surface area contributed by atoms with Gasteiger partial charge in [-0.1, -0.05) is 24.3 Å². The summed E-state index contributed by atoms with van der Waals surface area (Å²) in [6.45, 7) is 13.7. The molecule has 1 aliphatic heterocycles. The lowest BCUT2D eigenvalue weighted by Crippen LogP contribution is -2.40. The zero-order valence-electron chi connectivity index (χ0n) is 18.4. The van der Waals surface area contributed by atoms with Crippen molar-refractivity contribution in [1.29, 1.82) is 0 Å². The molecular formula is C22H34IN5O2. The fourth-order valence-corrected chi connectivity index (χ4v) is 3.40. The van der Waals surface area contributed by atoms with E-state index >= 15 is 0 Å². The highest BCUT2D eigenvalue weighted by molar-refractivity contribution is 14.0. The first-order chi connectivity index (χ1) is 14.0. The molecule has 1 fully saturated rings. The molecule has 2 aromatic rings. The molecule has 0 aliphatic carbocycles. The largest absolute Gasteiger partial charge is 0.444 e. The van der Waals surface area contributed by atoms with E-state index in [1.807, 2.05) is 13.8 Å². The minimum atomic E-state index is 0. The van der Waals surface area contributed by atoms with Gasteiger partial charge in [0.2, 0.25) is 5.89 Å². The smallest absolute Gasteiger partial charge is 0.214 e. The molecule has 7 nitrogen and oxygen atoms in total. The number of benzene rings is 1. The quantitative estimate of drug-likeness (QED) is 0.327. The molecule has 1 atom stereocenters. The maximum atomic E-state index is 5.64. The van der Waals surface area contributed by atoms with E-state index in [2.05, 4.69) is 58.6 Å². The average Bonchev–Trinajstić information content (AvgIpc) is 3.02. The van der Waals surface area contributed by atoms with Crippen LogP contribution in [0.25, 0.3) is 0 Å². The van der Waals surface area contributed by atoms with Crippen molar-refractivity contribution >= 4 is 29.9 Å². The summed E-state index contributed by atoms with van der Waals surface area (Å²) in [4.78, 5) is 11.6. The average molecular weight is 527 g/mol. The first-order valence-corrected chi connectivity index (χ1v) is 10.4. The minimum Gasteiger partial charge on any atom is -0.444 e. The second-order valence-corrected chi connectivity index (χ2v) is 7.53. The summed E-state index contributed by atoms with van der Waals surface area (Å²) >= 11 is 0. The standard InChI is InChI=1S/C22H33N5O2.HI/c1-5-23-22(25-13-21-26-17(3)18(4)29-21)24-12-19-7-6-8-20(11-19)15-27-9-10-28-16(2)14-27;/h6-8,11,16H,5,9-10,12-15H2,1-4H3,(H2,23,24,25);1H. The number of rotatable bonds is 7. The van der Waals surface area contributed by atoms with Crippen LogP contribution in [-0.2, 0) is 24.4 Å². The minimum absolute atomic E-state index is 0. The van der Waals surface area contributed by atoms with E-state index in [9.17, 15) is 0 Å². The summed E-state index contributed by atoms with van der Waals surface area (Å²) in [5.41, 5.74) is 3.44. The maximum Gasteiger partial charge on any atom is 0.214 e. The van der Waals surface area contributed by atoms with Crippen molar-refractivity contribution < 1.29 is 9.15 Å². The summed E-state index contributed by atoms with van der Waals surface area (Å²) in [5, 5.41) is 6.57. The first-order valence-electron chi connectivity index (χ1n) is 10.4. The Hall–Kier alpha value is -1.65. The molecule has 0 saturated carbocycles. The van der Waals surface area contributed by atoms with Gasteiger partial charge in [-0.15, -0.1) is 24.0 Å². The Bertz CT molecular complexity index is 804. The summed E-state index contributed by atoms with van der Waals surface area (Å²) in [6, 6.07) is 8.67. The van der Waals surface area contributed by atoms with E-state index in [0.717, 1.165) is 50.2 Å². The molecule has 0 radical (unpaired) electrons. The van der Waals surface area contributed by atoms with Crippen molar-refractivity contribution in [3.05, 3.63) is 52.7 Å². The molecule has 166 valence electrons. The number of aliphatic imine (C=N–C) groups is 1. The van der Waals surface area contributed by atoms with Crippen molar-refractivity contribution in [2.75, 3.05) is 26.2 Å². The van der Waals surface area contributed by atoms with Gasteiger partial charge in [0.1, 0.15) is 5.76 Å². The summed E-state index contributed by atoms with van der Waals surface area (Å²) in [5.74, 6) is 2.29. The monoisotopic (exact) mass is 527 g/mol. The highest BCUT2D eigenvalue weighted by Gasteiger charge is 2.16. The van der Waals surface area contributed by atoms with Gasteiger partial charge < -0.3 is 19.8 Å². The molecule has 30 heavy (non-hydrogen) atoms. The number of ether oxygens (including phenoxy) is 1. The highest BCUT2D eigenvalue weighted by atomic mass is 127. The van der Waals surface area contributed by atoms with Crippen molar-refractivity contribution in [3.63, 3.8) is 0 Å². The topological polar surface area (TPSA) is 74.9 Å². The van der Waals surface area contributed by atoms with E-state index in [1.165, 1.54) is 11.1 Å². The van der Waals surface area contributed by atoms with Gasteiger partial charge in [-0.3, -0.25) is 4.90 Å². The van der Waals surface area contributed by atoms with Crippen LogP contribution in [0.5, 0.6) is 0 Å². The van der Waals surface area contributed by atoms with Crippen LogP contribution in [-0.4, -0.2) is 48.2 Å². The third-order valence-electron chi connectivity index (χ3n) is 4.97. The molecule has 2 heterocycles. The maximum absolute atomic E-state index is 5.64. The molecule has 1 aromatic carbocycles. The Morgan fingerprint density at radius 2 is 2.07 bits per heavy atom. The summed E-state index contributed by atoms with van der Waals surface area (Å²) < 4.78 is 11.3.